The van der Waals surface area contributed by atoms with Crippen molar-refractivity contribution in [3.05, 3.63) is 75.9 Å². The van der Waals surface area contributed by atoms with Gasteiger partial charge in [0.1, 0.15) is 17.3 Å². The van der Waals surface area contributed by atoms with Crippen molar-refractivity contribution in [3.63, 3.8) is 0 Å². The van der Waals surface area contributed by atoms with Gasteiger partial charge in [-0.25, -0.2) is 9.37 Å². The largest absolute Gasteiger partial charge is 0.379 e. The number of nitrogens with zero attached hydrogens (tertiary/aromatic N) is 3. The molecule has 4 rings (SSSR count). The fraction of sp³-hybridized carbons (Fsp3) is 0.227. The highest BCUT2D eigenvalue weighted by molar-refractivity contribution is 6.34. The van der Waals surface area contributed by atoms with Crippen LogP contribution in [-0.2, 0) is 4.74 Å². The van der Waals surface area contributed by atoms with E-state index >= 15 is 0 Å². The molecule has 0 radical (unpaired) electrons. The molecule has 3 heterocycles. The van der Waals surface area contributed by atoms with Crippen LogP contribution in [0.4, 0.5) is 10.2 Å². The van der Waals surface area contributed by atoms with Crippen LogP contribution in [0.15, 0.2) is 42.7 Å². The number of ether oxygens (including phenoxy) is 1. The van der Waals surface area contributed by atoms with Crippen molar-refractivity contribution < 1.29 is 13.9 Å². The molecule has 0 saturated carbocycles. The van der Waals surface area contributed by atoms with Gasteiger partial charge in [-0.1, -0.05) is 23.4 Å². The van der Waals surface area contributed by atoms with Crippen LogP contribution in [-0.4, -0.2) is 33.9 Å². The molecule has 6 nitrogen and oxygen atoms in total. The zero-order valence-corrected chi connectivity index (χ0v) is 16.9. The Morgan fingerprint density at radius 3 is 2.73 bits per heavy atom. The molecule has 3 aromatic rings. The quantitative estimate of drug-likeness (QED) is 0.645. The summed E-state index contributed by atoms with van der Waals surface area (Å²) >= 11 is 6.21. The summed E-state index contributed by atoms with van der Waals surface area (Å²) in [5.41, 5.74) is 2.42. The third-order valence-corrected chi connectivity index (χ3v) is 5.00. The van der Waals surface area contributed by atoms with Crippen molar-refractivity contribution in [2.45, 2.75) is 19.4 Å². The number of anilines is 1. The van der Waals surface area contributed by atoms with Gasteiger partial charge in [-0.05, 0) is 49.2 Å². The number of carbonyl (C=O) groups is 1. The predicted octanol–water partition coefficient (Wildman–Crippen LogP) is 3.99. The molecule has 152 valence electrons. The van der Waals surface area contributed by atoms with Gasteiger partial charge in [0.25, 0.3) is 5.91 Å². The summed E-state index contributed by atoms with van der Waals surface area (Å²) in [6, 6.07) is 7.75. The standard InChI is InChI=1S/C22H18ClFN4O2/c1-14-10-16(3-2-15-4-6-17(24)7-5-15)11-25-21(14)27-22(29)20-19(23)12-26-28(20)18-8-9-30-13-18/h4-7,10-12,18H,8-9,13H2,1H3,(H,25,27,29). The number of rotatable bonds is 3. The lowest BCUT2D eigenvalue weighted by Crippen LogP contribution is -2.22. The first-order valence-electron chi connectivity index (χ1n) is 9.37. The van der Waals surface area contributed by atoms with Crippen molar-refractivity contribution >= 4 is 23.3 Å². The molecule has 1 atom stereocenters. The first-order valence-corrected chi connectivity index (χ1v) is 9.75. The lowest BCUT2D eigenvalue weighted by Gasteiger charge is -2.13. The van der Waals surface area contributed by atoms with Crippen LogP contribution in [0.5, 0.6) is 0 Å². The average Bonchev–Trinajstić information content (AvgIpc) is 3.39. The summed E-state index contributed by atoms with van der Waals surface area (Å²) < 4.78 is 20.0. The second-order valence-corrected chi connectivity index (χ2v) is 7.31. The molecule has 0 aliphatic carbocycles. The summed E-state index contributed by atoms with van der Waals surface area (Å²) in [5.74, 6) is 5.67. The molecule has 1 aliphatic rings. The number of halogens is 2. The summed E-state index contributed by atoms with van der Waals surface area (Å²) in [5, 5.41) is 7.31. The Bertz CT molecular complexity index is 1140. The van der Waals surface area contributed by atoms with E-state index in [4.69, 9.17) is 16.3 Å². The fourth-order valence-corrected chi connectivity index (χ4v) is 3.38. The van der Waals surface area contributed by atoms with Gasteiger partial charge >= 0.3 is 0 Å². The first-order chi connectivity index (χ1) is 14.5. The van der Waals surface area contributed by atoms with E-state index in [1.54, 1.807) is 23.0 Å². The predicted molar refractivity (Wildman–Crippen MR) is 111 cm³/mol. The molecule has 8 heteroatoms. The molecule has 1 saturated heterocycles. The highest BCUT2D eigenvalue weighted by atomic mass is 35.5. The number of pyridine rings is 1. The van der Waals surface area contributed by atoms with Crippen LogP contribution in [0.2, 0.25) is 5.02 Å². The van der Waals surface area contributed by atoms with Gasteiger partial charge in [0, 0.05) is 23.9 Å². The zero-order chi connectivity index (χ0) is 21.1. The summed E-state index contributed by atoms with van der Waals surface area (Å²) in [7, 11) is 0. The van der Waals surface area contributed by atoms with Gasteiger partial charge in [-0.2, -0.15) is 5.10 Å². The number of hydrogen-bond donors (Lipinski definition) is 1. The zero-order valence-electron chi connectivity index (χ0n) is 16.2. The van der Waals surface area contributed by atoms with E-state index in [2.05, 4.69) is 27.2 Å². The normalized spacial score (nSPS) is 15.5. The van der Waals surface area contributed by atoms with Gasteiger partial charge < -0.3 is 10.1 Å². The highest BCUT2D eigenvalue weighted by Crippen LogP contribution is 2.25. The Kier molecular flexibility index (Phi) is 5.79. The van der Waals surface area contributed by atoms with Gasteiger partial charge in [0.2, 0.25) is 0 Å². The van der Waals surface area contributed by atoms with E-state index in [1.807, 2.05) is 13.0 Å². The number of carbonyl (C=O) groups excluding carboxylic acids is 1. The van der Waals surface area contributed by atoms with Crippen molar-refractivity contribution in [2.75, 3.05) is 18.5 Å². The van der Waals surface area contributed by atoms with Crippen LogP contribution in [0.3, 0.4) is 0 Å². The molecule has 30 heavy (non-hydrogen) atoms. The second kappa shape index (κ2) is 8.66. The smallest absolute Gasteiger partial charge is 0.276 e. The number of amides is 1. The molecular weight excluding hydrogens is 407 g/mol. The van der Waals surface area contributed by atoms with Gasteiger partial charge in [0.15, 0.2) is 0 Å². The Morgan fingerprint density at radius 2 is 2.03 bits per heavy atom. The Hall–Kier alpha value is -3.21. The Labute approximate surface area is 178 Å². The van der Waals surface area contributed by atoms with E-state index in [0.717, 1.165) is 12.0 Å². The minimum absolute atomic E-state index is 0.0172. The molecule has 1 unspecified atom stereocenters. The SMILES string of the molecule is Cc1cc(C#Cc2ccc(F)cc2)cnc1NC(=O)c1c(Cl)cnn1C1CCOC1. The van der Waals surface area contributed by atoms with Crippen molar-refractivity contribution in [1.82, 2.24) is 14.8 Å². The lowest BCUT2D eigenvalue weighted by atomic mass is 10.1. The maximum Gasteiger partial charge on any atom is 0.276 e. The second-order valence-electron chi connectivity index (χ2n) is 6.90. The molecule has 1 N–H and O–H groups in total. The minimum atomic E-state index is -0.384. The van der Waals surface area contributed by atoms with E-state index in [1.165, 1.54) is 18.3 Å². The molecule has 0 spiro atoms. The summed E-state index contributed by atoms with van der Waals surface area (Å²) in [4.78, 5) is 17.2. The maximum absolute atomic E-state index is 13.0. The Morgan fingerprint density at radius 1 is 1.27 bits per heavy atom. The number of benzene rings is 1. The number of aromatic nitrogens is 3. The van der Waals surface area contributed by atoms with Crippen LogP contribution >= 0.6 is 11.6 Å². The lowest BCUT2D eigenvalue weighted by molar-refractivity contribution is 0.101. The fourth-order valence-electron chi connectivity index (χ4n) is 3.16. The van der Waals surface area contributed by atoms with Crippen LogP contribution in [0.1, 0.15) is 39.6 Å². The topological polar surface area (TPSA) is 69.0 Å². The van der Waals surface area contributed by atoms with Gasteiger partial charge in [-0.3, -0.25) is 9.48 Å². The molecule has 1 fully saturated rings. The molecule has 0 bridgehead atoms. The summed E-state index contributed by atoms with van der Waals surface area (Å²) in [6.45, 7) is 2.96. The van der Waals surface area contributed by atoms with Gasteiger partial charge in [0.05, 0.1) is 23.9 Å². The third-order valence-electron chi connectivity index (χ3n) is 4.72. The van der Waals surface area contributed by atoms with Crippen LogP contribution < -0.4 is 5.32 Å². The molecular formula is C22H18ClFN4O2. The average molecular weight is 425 g/mol. The molecule has 1 aromatic carbocycles. The van der Waals surface area contributed by atoms with E-state index in [-0.39, 0.29) is 28.5 Å². The third kappa shape index (κ3) is 4.35. The molecule has 1 aliphatic heterocycles. The number of hydrogen-bond acceptors (Lipinski definition) is 4. The van der Waals surface area contributed by atoms with E-state index in [0.29, 0.717) is 30.2 Å². The minimum Gasteiger partial charge on any atom is -0.379 e. The monoisotopic (exact) mass is 424 g/mol. The Balaban J connectivity index is 1.51. The van der Waals surface area contributed by atoms with Crippen molar-refractivity contribution in [2.24, 2.45) is 0 Å². The van der Waals surface area contributed by atoms with Crippen LogP contribution in [0.25, 0.3) is 0 Å². The summed E-state index contributed by atoms with van der Waals surface area (Å²) in [6.07, 6.45) is 3.81. The van der Waals surface area contributed by atoms with Crippen LogP contribution in [0, 0.1) is 24.6 Å². The highest BCUT2D eigenvalue weighted by Gasteiger charge is 2.26. The maximum atomic E-state index is 13.0. The first kappa shape index (κ1) is 20.1. The number of nitrogens with one attached hydrogen (secondary N) is 1. The van der Waals surface area contributed by atoms with E-state index in [9.17, 15) is 9.18 Å². The molecule has 1 amide bonds. The van der Waals surface area contributed by atoms with E-state index < -0.39 is 0 Å². The number of aryl methyl sites for hydroxylation is 1. The van der Waals surface area contributed by atoms with Gasteiger partial charge in [-0.15, -0.1) is 0 Å². The van der Waals surface area contributed by atoms with Crippen molar-refractivity contribution in [1.29, 1.82) is 0 Å². The van der Waals surface area contributed by atoms with Crippen molar-refractivity contribution in [3.8, 4) is 11.8 Å². The molecule has 2 aromatic heterocycles.